The van der Waals surface area contributed by atoms with Crippen LogP contribution in [-0.2, 0) is 7.05 Å². The fourth-order valence-corrected chi connectivity index (χ4v) is 1.84. The molecule has 1 heterocycles. The fraction of sp³-hybridized carbons (Fsp3) is 0.692. The maximum absolute atomic E-state index is 11.7. The molecule has 0 aliphatic heterocycles. The van der Waals surface area contributed by atoms with Gasteiger partial charge < -0.3 is 10.2 Å². The lowest BCUT2D eigenvalue weighted by atomic mass is 10.2. The monoisotopic (exact) mass is 252 g/mol. The molecular weight excluding hydrogens is 228 g/mol. The Morgan fingerprint density at radius 2 is 2.11 bits per heavy atom. The first kappa shape index (κ1) is 14.7. The van der Waals surface area contributed by atoms with Gasteiger partial charge in [0.25, 0.3) is 5.91 Å². The Kier molecular flexibility index (Phi) is 6.43. The smallest absolute Gasteiger partial charge is 0.254 e. The summed E-state index contributed by atoms with van der Waals surface area (Å²) in [5, 5.41) is 6.89. The third-order valence-corrected chi connectivity index (χ3v) is 3.05. The summed E-state index contributed by atoms with van der Waals surface area (Å²) in [6, 6.07) is 0. The molecule has 5 nitrogen and oxygen atoms in total. The minimum absolute atomic E-state index is 0.0362. The van der Waals surface area contributed by atoms with Gasteiger partial charge >= 0.3 is 0 Å². The van der Waals surface area contributed by atoms with Crippen molar-refractivity contribution in [2.24, 2.45) is 7.05 Å². The van der Waals surface area contributed by atoms with Crippen molar-refractivity contribution in [1.29, 1.82) is 0 Å². The highest BCUT2D eigenvalue weighted by Crippen LogP contribution is 1.97. The van der Waals surface area contributed by atoms with E-state index in [9.17, 15) is 4.79 Å². The molecule has 0 bridgehead atoms. The summed E-state index contributed by atoms with van der Waals surface area (Å²) in [5.41, 5.74) is 0.626. The van der Waals surface area contributed by atoms with E-state index in [-0.39, 0.29) is 5.91 Å². The molecule has 18 heavy (non-hydrogen) atoms. The second kappa shape index (κ2) is 7.87. The number of unbranched alkanes of at least 4 members (excludes halogenated alkanes) is 1. The van der Waals surface area contributed by atoms with Gasteiger partial charge in [-0.3, -0.25) is 9.48 Å². The number of aromatic nitrogens is 2. The Balaban J connectivity index is 2.13. The minimum Gasteiger partial charge on any atom is -0.352 e. The zero-order valence-corrected chi connectivity index (χ0v) is 11.6. The van der Waals surface area contributed by atoms with Crippen LogP contribution in [0.25, 0.3) is 0 Å². The zero-order chi connectivity index (χ0) is 13.4. The van der Waals surface area contributed by atoms with Crippen molar-refractivity contribution in [2.75, 3.05) is 26.2 Å². The predicted molar refractivity (Wildman–Crippen MR) is 72.6 cm³/mol. The molecule has 0 aromatic carbocycles. The van der Waals surface area contributed by atoms with Crippen LogP contribution in [0.5, 0.6) is 0 Å². The van der Waals surface area contributed by atoms with E-state index >= 15 is 0 Å². The SMILES string of the molecule is CCN(CC)CCCCNC(=O)c1cnn(C)c1. The van der Waals surface area contributed by atoms with Gasteiger partial charge in [-0.1, -0.05) is 13.8 Å². The van der Waals surface area contributed by atoms with Gasteiger partial charge in [0.05, 0.1) is 11.8 Å². The molecule has 1 amide bonds. The van der Waals surface area contributed by atoms with E-state index in [1.54, 1.807) is 24.1 Å². The Morgan fingerprint density at radius 1 is 1.39 bits per heavy atom. The van der Waals surface area contributed by atoms with Crippen molar-refractivity contribution in [3.8, 4) is 0 Å². The van der Waals surface area contributed by atoms with Crippen molar-refractivity contribution in [3.05, 3.63) is 18.0 Å². The summed E-state index contributed by atoms with van der Waals surface area (Å²) in [7, 11) is 1.81. The van der Waals surface area contributed by atoms with Gasteiger partial charge in [0.2, 0.25) is 0 Å². The summed E-state index contributed by atoms with van der Waals surface area (Å²) in [5.74, 6) is -0.0362. The Bertz CT molecular complexity index is 358. The van der Waals surface area contributed by atoms with Gasteiger partial charge in [0.15, 0.2) is 0 Å². The average Bonchev–Trinajstić information content (AvgIpc) is 2.80. The molecule has 1 aromatic heterocycles. The highest BCUT2D eigenvalue weighted by molar-refractivity contribution is 5.93. The lowest BCUT2D eigenvalue weighted by Gasteiger charge is -2.17. The standard InChI is InChI=1S/C13H24N4O/c1-4-17(5-2)9-7-6-8-14-13(18)12-10-15-16(3)11-12/h10-11H,4-9H2,1-3H3,(H,14,18). The molecule has 0 saturated heterocycles. The Morgan fingerprint density at radius 3 is 2.67 bits per heavy atom. The van der Waals surface area contributed by atoms with E-state index < -0.39 is 0 Å². The molecule has 0 aliphatic rings. The van der Waals surface area contributed by atoms with Crippen LogP contribution in [0.4, 0.5) is 0 Å². The predicted octanol–water partition coefficient (Wildman–Crippen LogP) is 1.27. The van der Waals surface area contributed by atoms with Crippen LogP contribution >= 0.6 is 0 Å². The van der Waals surface area contributed by atoms with Crippen LogP contribution < -0.4 is 5.32 Å². The molecule has 102 valence electrons. The summed E-state index contributed by atoms with van der Waals surface area (Å²) < 4.78 is 1.63. The normalized spacial score (nSPS) is 10.9. The summed E-state index contributed by atoms with van der Waals surface area (Å²) >= 11 is 0. The van der Waals surface area contributed by atoms with Crippen molar-refractivity contribution in [3.63, 3.8) is 0 Å². The van der Waals surface area contributed by atoms with Crippen molar-refractivity contribution in [1.82, 2.24) is 20.0 Å². The van der Waals surface area contributed by atoms with Crippen LogP contribution in [-0.4, -0.2) is 46.8 Å². The molecule has 0 fully saturated rings. The van der Waals surface area contributed by atoms with Crippen molar-refractivity contribution >= 4 is 5.91 Å². The van der Waals surface area contributed by atoms with E-state index in [0.717, 1.165) is 39.0 Å². The molecule has 0 unspecified atom stereocenters. The number of hydrogen-bond acceptors (Lipinski definition) is 3. The van der Waals surface area contributed by atoms with Crippen LogP contribution in [0.15, 0.2) is 12.4 Å². The maximum Gasteiger partial charge on any atom is 0.254 e. The summed E-state index contributed by atoms with van der Waals surface area (Å²) in [4.78, 5) is 14.1. The maximum atomic E-state index is 11.7. The number of carbonyl (C=O) groups excluding carboxylic acids is 1. The third-order valence-electron chi connectivity index (χ3n) is 3.05. The molecule has 0 saturated carbocycles. The number of hydrogen-bond donors (Lipinski definition) is 1. The first-order valence-electron chi connectivity index (χ1n) is 6.66. The molecule has 1 N–H and O–H groups in total. The largest absolute Gasteiger partial charge is 0.352 e. The lowest BCUT2D eigenvalue weighted by Crippen LogP contribution is -2.27. The number of nitrogens with one attached hydrogen (secondary N) is 1. The van der Waals surface area contributed by atoms with Gasteiger partial charge in [0, 0.05) is 19.8 Å². The van der Waals surface area contributed by atoms with Gasteiger partial charge in [-0.15, -0.1) is 0 Å². The number of carbonyl (C=O) groups is 1. The molecule has 1 aromatic rings. The second-order valence-corrected chi connectivity index (χ2v) is 4.39. The van der Waals surface area contributed by atoms with E-state index in [4.69, 9.17) is 0 Å². The van der Waals surface area contributed by atoms with Crippen LogP contribution in [0.2, 0.25) is 0 Å². The van der Waals surface area contributed by atoms with E-state index in [1.165, 1.54) is 0 Å². The first-order chi connectivity index (χ1) is 8.67. The average molecular weight is 252 g/mol. The molecule has 0 atom stereocenters. The van der Waals surface area contributed by atoms with E-state index in [0.29, 0.717) is 5.56 Å². The van der Waals surface area contributed by atoms with Gasteiger partial charge in [0.1, 0.15) is 0 Å². The van der Waals surface area contributed by atoms with Crippen LogP contribution in [0, 0.1) is 0 Å². The summed E-state index contributed by atoms with van der Waals surface area (Å²) in [6.45, 7) is 8.38. The van der Waals surface area contributed by atoms with Crippen LogP contribution in [0.1, 0.15) is 37.0 Å². The molecule has 0 aliphatic carbocycles. The first-order valence-corrected chi connectivity index (χ1v) is 6.66. The van der Waals surface area contributed by atoms with Crippen LogP contribution in [0.3, 0.4) is 0 Å². The van der Waals surface area contributed by atoms with E-state index in [2.05, 4.69) is 29.2 Å². The number of aryl methyl sites for hydroxylation is 1. The van der Waals surface area contributed by atoms with Gasteiger partial charge in [-0.2, -0.15) is 5.10 Å². The molecule has 0 spiro atoms. The van der Waals surface area contributed by atoms with E-state index in [1.807, 2.05) is 0 Å². The second-order valence-electron chi connectivity index (χ2n) is 4.39. The topological polar surface area (TPSA) is 50.2 Å². The number of rotatable bonds is 8. The van der Waals surface area contributed by atoms with Crippen molar-refractivity contribution < 1.29 is 4.79 Å². The molecule has 0 radical (unpaired) electrons. The van der Waals surface area contributed by atoms with Gasteiger partial charge in [-0.05, 0) is 32.5 Å². The molecule has 5 heteroatoms. The third kappa shape index (κ3) is 4.87. The Labute approximate surface area is 109 Å². The minimum atomic E-state index is -0.0362. The van der Waals surface area contributed by atoms with Gasteiger partial charge in [-0.25, -0.2) is 0 Å². The number of nitrogens with zero attached hydrogens (tertiary/aromatic N) is 3. The van der Waals surface area contributed by atoms with Crippen molar-refractivity contribution in [2.45, 2.75) is 26.7 Å². The fourth-order valence-electron chi connectivity index (χ4n) is 1.84. The molecular formula is C13H24N4O. The Hall–Kier alpha value is -1.36. The summed E-state index contributed by atoms with van der Waals surface area (Å²) in [6.07, 6.45) is 5.45. The highest BCUT2D eigenvalue weighted by Gasteiger charge is 2.06. The molecule has 1 rings (SSSR count). The highest BCUT2D eigenvalue weighted by atomic mass is 16.1. The zero-order valence-electron chi connectivity index (χ0n) is 11.6. The number of amides is 1. The lowest BCUT2D eigenvalue weighted by molar-refractivity contribution is 0.0952. The quantitative estimate of drug-likeness (QED) is 0.709.